The van der Waals surface area contributed by atoms with E-state index >= 15 is 0 Å². The van der Waals surface area contributed by atoms with Crippen LogP contribution in [0.1, 0.15) is 41.0 Å². The van der Waals surface area contributed by atoms with Crippen LogP contribution in [0.5, 0.6) is 0 Å². The highest BCUT2D eigenvalue weighted by Crippen LogP contribution is 2.16. The van der Waals surface area contributed by atoms with Crippen molar-refractivity contribution in [1.29, 1.82) is 0 Å². The third kappa shape index (κ3) is 8.16. The lowest BCUT2D eigenvalue weighted by molar-refractivity contribution is -0.119. The molecule has 3 heteroatoms. The van der Waals surface area contributed by atoms with Gasteiger partial charge >= 0.3 is 0 Å². The molecule has 0 bridgehead atoms. The monoisotopic (exact) mass is 205 g/mol. The summed E-state index contributed by atoms with van der Waals surface area (Å²) in [6.07, 6.45) is 0.721. The van der Waals surface area contributed by atoms with E-state index in [0.29, 0.717) is 5.25 Å². The number of amides is 1. The second kappa shape index (κ2) is 11.8. The topological polar surface area (TPSA) is 29.1 Å². The maximum atomic E-state index is 10.6. The van der Waals surface area contributed by atoms with E-state index < -0.39 is 0 Å². The van der Waals surface area contributed by atoms with Crippen molar-refractivity contribution < 1.29 is 4.79 Å². The van der Waals surface area contributed by atoms with Gasteiger partial charge in [0.15, 0.2) is 0 Å². The summed E-state index contributed by atoms with van der Waals surface area (Å²) in [5.74, 6) is 1.32. The molecule has 1 unspecified atom stereocenters. The number of thioether (sulfide) groups is 1. The number of hydrogen-bond acceptors (Lipinski definition) is 2. The number of carbonyl (C=O) groups is 1. The average Bonchev–Trinajstić information content (AvgIpc) is 2.59. The lowest BCUT2D eigenvalue weighted by atomic mass is 10.4. The fraction of sp³-hybridized carbons (Fsp3) is 0.900. The highest BCUT2D eigenvalue weighted by molar-refractivity contribution is 7.99. The molecule has 1 amide bonds. The van der Waals surface area contributed by atoms with Crippen LogP contribution in [0.15, 0.2) is 0 Å². The van der Waals surface area contributed by atoms with Crippen molar-refractivity contribution in [2.45, 2.75) is 46.3 Å². The highest BCUT2D eigenvalue weighted by atomic mass is 32.2. The minimum atomic E-state index is 0.209. The van der Waals surface area contributed by atoms with E-state index in [1.165, 1.54) is 0 Å². The van der Waals surface area contributed by atoms with Crippen molar-refractivity contribution in [2.24, 2.45) is 0 Å². The summed E-state index contributed by atoms with van der Waals surface area (Å²) in [5, 5.41) is 3.34. The van der Waals surface area contributed by atoms with Crippen molar-refractivity contribution in [1.82, 2.24) is 5.32 Å². The molecule has 1 heterocycles. The molecular formula is C10H23NOS. The van der Waals surface area contributed by atoms with E-state index in [1.807, 2.05) is 39.5 Å². The summed E-state index contributed by atoms with van der Waals surface area (Å²) in [6.45, 7) is 11.0. The van der Waals surface area contributed by atoms with Gasteiger partial charge in [-0.05, 0) is 5.75 Å². The van der Waals surface area contributed by atoms with Crippen LogP contribution in [0.4, 0.5) is 0 Å². The van der Waals surface area contributed by atoms with Gasteiger partial charge in [0.05, 0.1) is 0 Å². The first-order valence-corrected chi connectivity index (χ1v) is 6.26. The summed E-state index contributed by atoms with van der Waals surface area (Å²) >= 11 is 1.86. The van der Waals surface area contributed by atoms with E-state index in [2.05, 4.69) is 12.2 Å². The summed E-state index contributed by atoms with van der Waals surface area (Å²) in [6, 6.07) is 0. The Labute approximate surface area is 86.9 Å². The second-order valence-electron chi connectivity index (χ2n) is 2.09. The highest BCUT2D eigenvalue weighted by Gasteiger charge is 2.20. The van der Waals surface area contributed by atoms with Gasteiger partial charge in [-0.1, -0.05) is 34.6 Å². The lowest BCUT2D eigenvalue weighted by Crippen LogP contribution is -2.14. The van der Waals surface area contributed by atoms with Gasteiger partial charge in [0.25, 0.3) is 0 Å². The van der Waals surface area contributed by atoms with Crippen LogP contribution in [-0.4, -0.2) is 23.5 Å². The molecule has 80 valence electrons. The quantitative estimate of drug-likeness (QED) is 0.751. The van der Waals surface area contributed by atoms with Crippen LogP contribution in [0.25, 0.3) is 0 Å². The Hall–Kier alpha value is -0.180. The van der Waals surface area contributed by atoms with Crippen molar-refractivity contribution in [2.75, 3.05) is 12.3 Å². The summed E-state index contributed by atoms with van der Waals surface area (Å²) in [5.41, 5.74) is 0. The van der Waals surface area contributed by atoms with Gasteiger partial charge in [0, 0.05) is 18.2 Å². The molecule has 0 radical (unpaired) electrons. The van der Waals surface area contributed by atoms with Gasteiger partial charge in [-0.25, -0.2) is 0 Å². The standard InChI is InChI=1S/C6H11NOS.2C2H6/c1-2-9-5-3-6(8)7-4-5;2*1-2/h5H,2-4H2,1H3,(H,7,8);2*1-2H3. The zero-order valence-electron chi connectivity index (χ0n) is 9.52. The normalized spacial score (nSPS) is 19.2. The first-order chi connectivity index (χ1) is 6.33. The first kappa shape index (κ1) is 15.3. The molecule has 0 spiro atoms. The summed E-state index contributed by atoms with van der Waals surface area (Å²) in [4.78, 5) is 10.6. The predicted molar refractivity (Wildman–Crippen MR) is 62.2 cm³/mol. The average molecular weight is 205 g/mol. The van der Waals surface area contributed by atoms with Crippen LogP contribution >= 0.6 is 11.8 Å². The Morgan fingerprint density at radius 2 is 1.92 bits per heavy atom. The van der Waals surface area contributed by atoms with E-state index in [9.17, 15) is 4.79 Å². The Kier molecular flexibility index (Phi) is 13.9. The maximum absolute atomic E-state index is 10.6. The molecule has 0 saturated carbocycles. The van der Waals surface area contributed by atoms with E-state index in [1.54, 1.807) is 0 Å². The van der Waals surface area contributed by atoms with Crippen LogP contribution in [0, 0.1) is 0 Å². The van der Waals surface area contributed by atoms with Gasteiger partial charge in [0.2, 0.25) is 5.91 Å². The van der Waals surface area contributed by atoms with Gasteiger partial charge < -0.3 is 5.32 Å². The third-order valence-corrected chi connectivity index (χ3v) is 2.48. The molecule has 0 aliphatic carbocycles. The number of carbonyl (C=O) groups excluding carboxylic acids is 1. The van der Waals surface area contributed by atoms with Crippen molar-refractivity contribution in [3.63, 3.8) is 0 Å². The minimum absolute atomic E-state index is 0.209. The SMILES string of the molecule is CC.CC.CCSC1CNC(=O)C1. The fourth-order valence-electron chi connectivity index (χ4n) is 0.932. The minimum Gasteiger partial charge on any atom is -0.355 e. The molecule has 1 saturated heterocycles. The number of nitrogens with one attached hydrogen (secondary N) is 1. The van der Waals surface area contributed by atoms with E-state index in [0.717, 1.165) is 18.7 Å². The predicted octanol–water partition coefficient (Wildman–Crippen LogP) is 2.68. The van der Waals surface area contributed by atoms with E-state index in [-0.39, 0.29) is 5.91 Å². The molecule has 0 aromatic carbocycles. The zero-order valence-corrected chi connectivity index (χ0v) is 10.3. The molecule has 1 rings (SSSR count). The first-order valence-electron chi connectivity index (χ1n) is 5.21. The molecule has 1 fully saturated rings. The van der Waals surface area contributed by atoms with Gasteiger partial charge in [0.1, 0.15) is 0 Å². The molecule has 1 N–H and O–H groups in total. The smallest absolute Gasteiger partial charge is 0.221 e. The molecule has 2 nitrogen and oxygen atoms in total. The van der Waals surface area contributed by atoms with Crippen molar-refractivity contribution in [3.8, 4) is 0 Å². The van der Waals surface area contributed by atoms with Gasteiger partial charge in [-0.3, -0.25) is 4.79 Å². The van der Waals surface area contributed by atoms with Gasteiger partial charge in [-0.15, -0.1) is 0 Å². The van der Waals surface area contributed by atoms with Crippen LogP contribution in [0.2, 0.25) is 0 Å². The maximum Gasteiger partial charge on any atom is 0.221 e. The number of hydrogen-bond donors (Lipinski definition) is 1. The fourth-order valence-corrected chi connectivity index (χ4v) is 1.87. The molecule has 13 heavy (non-hydrogen) atoms. The molecule has 0 aromatic heterocycles. The molecule has 0 aromatic rings. The van der Waals surface area contributed by atoms with Crippen molar-refractivity contribution in [3.05, 3.63) is 0 Å². The molecule has 1 atom stereocenters. The van der Waals surface area contributed by atoms with Crippen LogP contribution < -0.4 is 5.32 Å². The third-order valence-electron chi connectivity index (χ3n) is 1.34. The summed E-state index contributed by atoms with van der Waals surface area (Å²) < 4.78 is 0. The van der Waals surface area contributed by atoms with E-state index in [4.69, 9.17) is 0 Å². The van der Waals surface area contributed by atoms with Gasteiger partial charge in [-0.2, -0.15) is 11.8 Å². The Balaban J connectivity index is 0. The molecular weight excluding hydrogens is 182 g/mol. The largest absolute Gasteiger partial charge is 0.355 e. The van der Waals surface area contributed by atoms with Crippen LogP contribution in [-0.2, 0) is 4.79 Å². The molecule has 1 aliphatic rings. The second-order valence-corrected chi connectivity index (χ2v) is 3.66. The number of rotatable bonds is 2. The lowest BCUT2D eigenvalue weighted by Gasteiger charge is -2.01. The van der Waals surface area contributed by atoms with Crippen LogP contribution in [0.3, 0.4) is 0 Å². The Morgan fingerprint density at radius 3 is 2.23 bits per heavy atom. The molecule has 1 aliphatic heterocycles. The zero-order chi connectivity index (χ0) is 10.7. The summed E-state index contributed by atoms with van der Waals surface area (Å²) in [7, 11) is 0. The Bertz CT molecular complexity index is 117. The Morgan fingerprint density at radius 1 is 1.38 bits per heavy atom. The van der Waals surface area contributed by atoms with Crippen molar-refractivity contribution >= 4 is 17.7 Å².